The van der Waals surface area contributed by atoms with Gasteiger partial charge in [0.25, 0.3) is 0 Å². The van der Waals surface area contributed by atoms with Crippen LogP contribution in [0.25, 0.3) is 0 Å². The van der Waals surface area contributed by atoms with Gasteiger partial charge in [0.15, 0.2) is 0 Å². The maximum Gasteiger partial charge on any atom is 0.130 e. The van der Waals surface area contributed by atoms with E-state index in [0.717, 1.165) is 25.3 Å². The molecule has 0 aliphatic carbocycles. The topological polar surface area (TPSA) is 28.2 Å². The van der Waals surface area contributed by atoms with Gasteiger partial charge in [-0.3, -0.25) is 0 Å². The number of hydrogen-bond donors (Lipinski definition) is 1. The van der Waals surface area contributed by atoms with Gasteiger partial charge >= 0.3 is 0 Å². The number of aromatic nitrogens is 1. The summed E-state index contributed by atoms with van der Waals surface area (Å²) in [6, 6.07) is 12.6. The van der Waals surface area contributed by atoms with Crippen molar-refractivity contribution in [3.05, 3.63) is 53.7 Å². The van der Waals surface area contributed by atoms with Gasteiger partial charge in [0.2, 0.25) is 0 Å². The lowest BCUT2D eigenvalue weighted by Crippen LogP contribution is -2.19. The summed E-state index contributed by atoms with van der Waals surface area (Å²) >= 11 is 0. The van der Waals surface area contributed by atoms with E-state index in [2.05, 4.69) is 66.4 Å². The lowest BCUT2D eigenvalue weighted by molar-refractivity contribution is 0.899. The predicted octanol–water partition coefficient (Wildman–Crippen LogP) is 3.85. The highest BCUT2D eigenvalue weighted by molar-refractivity contribution is 5.54. The number of para-hydroxylation sites is 1. The number of hydrogen-bond acceptors (Lipinski definition) is 3. The fourth-order valence-corrected chi connectivity index (χ4v) is 2.30. The molecule has 0 spiro atoms. The van der Waals surface area contributed by atoms with Crippen LogP contribution >= 0.6 is 0 Å². The van der Waals surface area contributed by atoms with E-state index in [1.54, 1.807) is 0 Å². The van der Waals surface area contributed by atoms with Gasteiger partial charge in [0.05, 0.1) is 0 Å². The molecule has 3 heteroatoms. The molecule has 0 saturated heterocycles. The zero-order valence-corrected chi connectivity index (χ0v) is 12.6. The minimum Gasteiger partial charge on any atom is -0.370 e. The molecule has 1 N–H and O–H groups in total. The summed E-state index contributed by atoms with van der Waals surface area (Å²) < 4.78 is 0. The first kappa shape index (κ1) is 14.4. The Bertz CT molecular complexity index is 551. The molecule has 2 rings (SSSR count). The first-order chi connectivity index (χ1) is 9.72. The van der Waals surface area contributed by atoms with Crippen molar-refractivity contribution in [3.8, 4) is 0 Å². The molecule has 0 fully saturated rings. The summed E-state index contributed by atoms with van der Waals surface area (Å²) in [4.78, 5) is 6.71. The molecule has 0 unspecified atom stereocenters. The minimum absolute atomic E-state index is 0.852. The molecule has 20 heavy (non-hydrogen) atoms. The Morgan fingerprint density at radius 2 is 1.95 bits per heavy atom. The molecule has 0 atom stereocenters. The zero-order chi connectivity index (χ0) is 14.4. The lowest BCUT2D eigenvalue weighted by atomic mass is 10.1. The predicted molar refractivity (Wildman–Crippen MR) is 86.3 cm³/mol. The Morgan fingerprint density at radius 3 is 2.70 bits per heavy atom. The van der Waals surface area contributed by atoms with Crippen LogP contribution in [0.4, 0.5) is 11.5 Å². The third-order valence-electron chi connectivity index (χ3n) is 3.37. The molecule has 0 saturated carbocycles. The average molecular weight is 269 g/mol. The number of benzene rings is 1. The molecule has 106 valence electrons. The molecule has 0 amide bonds. The smallest absolute Gasteiger partial charge is 0.130 e. The van der Waals surface area contributed by atoms with Crippen molar-refractivity contribution in [2.45, 2.75) is 26.8 Å². The summed E-state index contributed by atoms with van der Waals surface area (Å²) in [6.45, 7) is 6.11. The summed E-state index contributed by atoms with van der Waals surface area (Å²) in [5, 5.41) is 3.40. The van der Waals surface area contributed by atoms with Crippen LogP contribution in [0, 0.1) is 6.92 Å². The van der Waals surface area contributed by atoms with E-state index in [1.165, 1.54) is 16.8 Å². The van der Waals surface area contributed by atoms with Crippen LogP contribution in [0.2, 0.25) is 0 Å². The Hall–Kier alpha value is -2.03. The fourth-order valence-electron chi connectivity index (χ4n) is 2.30. The number of nitrogens with one attached hydrogen (secondary N) is 1. The molecule has 0 bridgehead atoms. The van der Waals surface area contributed by atoms with Gasteiger partial charge in [0, 0.05) is 37.6 Å². The van der Waals surface area contributed by atoms with Crippen LogP contribution in [-0.4, -0.2) is 18.6 Å². The number of rotatable bonds is 6. The van der Waals surface area contributed by atoms with Crippen LogP contribution in [0.3, 0.4) is 0 Å². The fraction of sp³-hybridized carbons (Fsp3) is 0.353. The van der Waals surface area contributed by atoms with E-state index >= 15 is 0 Å². The number of nitrogens with zero attached hydrogens (tertiary/aromatic N) is 2. The van der Waals surface area contributed by atoms with Crippen molar-refractivity contribution in [1.29, 1.82) is 0 Å². The van der Waals surface area contributed by atoms with Crippen LogP contribution in [0.1, 0.15) is 24.5 Å². The largest absolute Gasteiger partial charge is 0.370 e. The van der Waals surface area contributed by atoms with E-state index < -0.39 is 0 Å². The van der Waals surface area contributed by atoms with Crippen molar-refractivity contribution >= 4 is 11.5 Å². The zero-order valence-electron chi connectivity index (χ0n) is 12.6. The van der Waals surface area contributed by atoms with Crippen LogP contribution in [0.15, 0.2) is 42.6 Å². The maximum absolute atomic E-state index is 4.45. The third-order valence-corrected chi connectivity index (χ3v) is 3.37. The van der Waals surface area contributed by atoms with Crippen LogP contribution < -0.4 is 10.2 Å². The quantitative estimate of drug-likeness (QED) is 0.863. The van der Waals surface area contributed by atoms with Gasteiger partial charge in [-0.2, -0.15) is 0 Å². The Kier molecular flexibility index (Phi) is 4.99. The molecular formula is C17H23N3. The Labute approximate surface area is 121 Å². The number of pyridine rings is 1. The number of anilines is 2. The first-order valence-corrected chi connectivity index (χ1v) is 7.17. The van der Waals surface area contributed by atoms with Crippen molar-refractivity contribution in [2.24, 2.45) is 0 Å². The molecule has 1 aromatic carbocycles. The monoisotopic (exact) mass is 269 g/mol. The third kappa shape index (κ3) is 3.50. The molecule has 0 radical (unpaired) electrons. The van der Waals surface area contributed by atoms with Gasteiger partial charge in [-0.15, -0.1) is 0 Å². The molecule has 3 nitrogen and oxygen atoms in total. The van der Waals surface area contributed by atoms with Gasteiger partial charge in [-0.25, -0.2) is 4.98 Å². The molecule has 2 aromatic rings. The molecule has 0 aliphatic heterocycles. The second-order valence-electron chi connectivity index (χ2n) is 5.08. The van der Waals surface area contributed by atoms with E-state index in [1.807, 2.05) is 12.3 Å². The standard InChI is InChI=1S/C17H23N3/c1-4-11-18-17-15(9-7-12-19-17)13-20(3)16-10-6-5-8-14(16)2/h5-10,12H,4,11,13H2,1-3H3,(H,18,19). The molecular weight excluding hydrogens is 246 g/mol. The van der Waals surface area contributed by atoms with Gasteiger partial charge < -0.3 is 10.2 Å². The second kappa shape index (κ2) is 6.94. The van der Waals surface area contributed by atoms with Crippen LogP contribution in [-0.2, 0) is 6.54 Å². The number of aryl methyl sites for hydroxylation is 1. The second-order valence-corrected chi connectivity index (χ2v) is 5.08. The van der Waals surface area contributed by atoms with E-state index in [-0.39, 0.29) is 0 Å². The van der Waals surface area contributed by atoms with Gasteiger partial charge in [-0.05, 0) is 31.0 Å². The highest BCUT2D eigenvalue weighted by atomic mass is 15.1. The van der Waals surface area contributed by atoms with E-state index in [4.69, 9.17) is 0 Å². The van der Waals surface area contributed by atoms with Crippen molar-refractivity contribution in [2.75, 3.05) is 23.8 Å². The van der Waals surface area contributed by atoms with Gasteiger partial charge in [-0.1, -0.05) is 31.2 Å². The highest BCUT2D eigenvalue weighted by Crippen LogP contribution is 2.22. The minimum atomic E-state index is 0.852. The maximum atomic E-state index is 4.45. The normalized spacial score (nSPS) is 10.3. The summed E-state index contributed by atoms with van der Waals surface area (Å²) in [7, 11) is 2.12. The molecule has 1 heterocycles. The van der Waals surface area contributed by atoms with Crippen LogP contribution in [0.5, 0.6) is 0 Å². The summed E-state index contributed by atoms with van der Waals surface area (Å²) in [6.07, 6.45) is 2.94. The summed E-state index contributed by atoms with van der Waals surface area (Å²) in [5.74, 6) is 0.995. The van der Waals surface area contributed by atoms with Crippen molar-refractivity contribution in [3.63, 3.8) is 0 Å². The SMILES string of the molecule is CCCNc1ncccc1CN(C)c1ccccc1C. The summed E-state index contributed by atoms with van der Waals surface area (Å²) in [5.41, 5.74) is 3.78. The van der Waals surface area contributed by atoms with E-state index in [9.17, 15) is 0 Å². The first-order valence-electron chi connectivity index (χ1n) is 7.17. The molecule has 0 aliphatic rings. The Balaban J connectivity index is 2.15. The van der Waals surface area contributed by atoms with Gasteiger partial charge in [0.1, 0.15) is 5.82 Å². The lowest BCUT2D eigenvalue weighted by Gasteiger charge is -2.22. The van der Waals surface area contributed by atoms with Crippen molar-refractivity contribution in [1.82, 2.24) is 4.98 Å². The highest BCUT2D eigenvalue weighted by Gasteiger charge is 2.08. The van der Waals surface area contributed by atoms with Crippen molar-refractivity contribution < 1.29 is 0 Å². The average Bonchev–Trinajstić information content (AvgIpc) is 2.46. The van der Waals surface area contributed by atoms with E-state index in [0.29, 0.717) is 0 Å². The Morgan fingerprint density at radius 1 is 1.15 bits per heavy atom. The molecule has 1 aromatic heterocycles.